The van der Waals surface area contributed by atoms with E-state index in [1.54, 1.807) is 7.11 Å². The van der Waals surface area contributed by atoms with E-state index in [1.165, 1.54) is 11.3 Å². The molecule has 5 nitrogen and oxygen atoms in total. The Hall–Kier alpha value is -1.92. The lowest BCUT2D eigenvalue weighted by Crippen LogP contribution is -2.01. The first-order valence-electron chi connectivity index (χ1n) is 7.10. The van der Waals surface area contributed by atoms with Crippen LogP contribution in [-0.4, -0.2) is 30.5 Å². The summed E-state index contributed by atoms with van der Waals surface area (Å²) in [5, 5.41) is 9.64. The van der Waals surface area contributed by atoms with E-state index in [2.05, 4.69) is 0 Å². The average molecular weight is 321 g/mol. The maximum absolute atomic E-state index is 12.0. The Morgan fingerprint density at radius 1 is 1.27 bits per heavy atom. The summed E-state index contributed by atoms with van der Waals surface area (Å²) in [7, 11) is 1.62. The van der Waals surface area contributed by atoms with E-state index in [-0.39, 0.29) is 18.6 Å². The van der Waals surface area contributed by atoms with Crippen LogP contribution in [0.4, 0.5) is 0 Å². The molecule has 0 aliphatic carbocycles. The van der Waals surface area contributed by atoms with Crippen LogP contribution < -0.4 is 10.5 Å². The molecule has 22 heavy (non-hydrogen) atoms. The number of ketones is 1. The van der Waals surface area contributed by atoms with Gasteiger partial charge in [-0.2, -0.15) is 0 Å². The zero-order chi connectivity index (χ0) is 16.1. The Morgan fingerprint density at radius 2 is 2.05 bits per heavy atom. The minimum Gasteiger partial charge on any atom is -0.496 e. The minimum atomic E-state index is -0.958. The van der Waals surface area contributed by atoms with Crippen LogP contribution in [0.5, 0.6) is 5.75 Å². The van der Waals surface area contributed by atoms with Crippen LogP contribution in [0.2, 0.25) is 0 Å². The fraction of sp³-hybridized carbons (Fsp3) is 0.375. The molecule has 0 aliphatic heterocycles. The fourth-order valence-corrected chi connectivity index (χ4v) is 3.31. The van der Waals surface area contributed by atoms with Gasteiger partial charge in [0.15, 0.2) is 5.78 Å². The topological polar surface area (TPSA) is 89.6 Å². The van der Waals surface area contributed by atoms with E-state index < -0.39 is 5.97 Å². The number of aryl methyl sites for hydroxylation is 1. The van der Waals surface area contributed by atoms with Gasteiger partial charge < -0.3 is 15.6 Å². The number of hydrogen-bond acceptors (Lipinski definition) is 5. The van der Waals surface area contributed by atoms with Gasteiger partial charge in [-0.1, -0.05) is 0 Å². The Bertz CT molecular complexity index is 693. The number of aliphatic carboxylic acids is 1. The second-order valence-electron chi connectivity index (χ2n) is 5.02. The molecule has 0 saturated heterocycles. The number of benzene rings is 1. The summed E-state index contributed by atoms with van der Waals surface area (Å²) in [5.41, 5.74) is 6.62. The normalized spacial score (nSPS) is 10.8. The molecule has 2 rings (SSSR count). The van der Waals surface area contributed by atoms with Crippen molar-refractivity contribution < 1.29 is 19.4 Å². The van der Waals surface area contributed by atoms with Crippen LogP contribution in [0.3, 0.4) is 0 Å². The van der Waals surface area contributed by atoms with Gasteiger partial charge in [0.2, 0.25) is 0 Å². The first-order chi connectivity index (χ1) is 10.5. The van der Waals surface area contributed by atoms with Crippen LogP contribution in [0, 0.1) is 0 Å². The van der Waals surface area contributed by atoms with Crippen molar-refractivity contribution in [3.63, 3.8) is 0 Å². The number of carbonyl (C=O) groups excluding carboxylic acids is 1. The van der Waals surface area contributed by atoms with E-state index in [0.29, 0.717) is 11.4 Å². The minimum absolute atomic E-state index is 0.0271. The highest BCUT2D eigenvalue weighted by atomic mass is 32.1. The second kappa shape index (κ2) is 7.38. The van der Waals surface area contributed by atoms with Crippen molar-refractivity contribution >= 4 is 33.2 Å². The van der Waals surface area contributed by atoms with Gasteiger partial charge >= 0.3 is 5.97 Å². The molecule has 0 atom stereocenters. The molecule has 0 aliphatic rings. The number of hydrogen-bond donors (Lipinski definition) is 2. The average Bonchev–Trinajstić information content (AvgIpc) is 2.92. The largest absolute Gasteiger partial charge is 0.496 e. The van der Waals surface area contributed by atoms with Gasteiger partial charge in [0.25, 0.3) is 0 Å². The second-order valence-corrected chi connectivity index (χ2v) is 6.11. The molecule has 6 heteroatoms. The Morgan fingerprint density at radius 3 is 2.68 bits per heavy atom. The third kappa shape index (κ3) is 3.84. The molecule has 2 aromatic rings. The maximum Gasteiger partial charge on any atom is 0.303 e. The van der Waals surface area contributed by atoms with E-state index in [9.17, 15) is 9.59 Å². The molecule has 0 fully saturated rings. The number of rotatable bonds is 8. The van der Waals surface area contributed by atoms with Gasteiger partial charge in [-0.15, -0.1) is 11.3 Å². The lowest BCUT2D eigenvalue weighted by Gasteiger charge is -2.08. The number of carboxylic acid groups (broad SMARTS) is 1. The van der Waals surface area contributed by atoms with E-state index in [4.69, 9.17) is 15.6 Å². The van der Waals surface area contributed by atoms with E-state index in [0.717, 1.165) is 34.2 Å². The summed E-state index contributed by atoms with van der Waals surface area (Å²) < 4.78 is 6.37. The van der Waals surface area contributed by atoms with Gasteiger partial charge in [0.1, 0.15) is 5.75 Å². The lowest BCUT2D eigenvalue weighted by atomic mass is 10.1. The fourth-order valence-electron chi connectivity index (χ4n) is 2.27. The van der Waals surface area contributed by atoms with Crippen LogP contribution in [0.1, 0.15) is 34.5 Å². The quantitative estimate of drug-likeness (QED) is 0.730. The van der Waals surface area contributed by atoms with Crippen LogP contribution >= 0.6 is 11.3 Å². The highest BCUT2D eigenvalue weighted by Gasteiger charge is 2.14. The molecule has 1 aromatic heterocycles. The highest BCUT2D eigenvalue weighted by Crippen LogP contribution is 2.33. The molecular weight excluding hydrogens is 302 g/mol. The first-order valence-corrected chi connectivity index (χ1v) is 7.92. The lowest BCUT2D eigenvalue weighted by molar-refractivity contribution is -0.136. The number of fused-ring (bicyclic) bond motifs is 1. The summed E-state index contributed by atoms with van der Waals surface area (Å²) in [6.45, 7) is 0.615. The molecule has 1 aromatic carbocycles. The van der Waals surface area contributed by atoms with Gasteiger partial charge in [0, 0.05) is 11.1 Å². The molecule has 1 heterocycles. The third-order valence-corrected chi connectivity index (χ3v) is 4.55. The predicted molar refractivity (Wildman–Crippen MR) is 87.0 cm³/mol. The third-order valence-electron chi connectivity index (χ3n) is 3.41. The predicted octanol–water partition coefficient (Wildman–Crippen LogP) is 2.85. The van der Waals surface area contributed by atoms with Gasteiger partial charge in [-0.3, -0.25) is 9.59 Å². The smallest absolute Gasteiger partial charge is 0.303 e. The Labute approximate surface area is 132 Å². The van der Waals surface area contributed by atoms with Gasteiger partial charge in [-0.25, -0.2) is 0 Å². The summed E-state index contributed by atoms with van der Waals surface area (Å²) in [6, 6.07) is 5.78. The van der Waals surface area contributed by atoms with E-state index in [1.807, 2.05) is 18.2 Å². The molecule has 118 valence electrons. The summed E-state index contributed by atoms with van der Waals surface area (Å²) in [5.74, 6) is -0.293. The van der Waals surface area contributed by atoms with Crippen molar-refractivity contribution in [1.82, 2.24) is 0 Å². The molecule has 3 N–H and O–H groups in total. The number of ether oxygens (including phenoxy) is 1. The van der Waals surface area contributed by atoms with Crippen molar-refractivity contribution in [2.24, 2.45) is 5.73 Å². The SMILES string of the molecule is COc1cc2sc(C(=O)CCC(=O)O)cc2cc1CCCN. The summed E-state index contributed by atoms with van der Waals surface area (Å²) in [4.78, 5) is 23.2. The summed E-state index contributed by atoms with van der Waals surface area (Å²) >= 11 is 1.37. The van der Waals surface area contributed by atoms with E-state index >= 15 is 0 Å². The molecule has 0 radical (unpaired) electrons. The number of Topliss-reactive ketones (excluding diaryl/α,β-unsaturated/α-hetero) is 1. The van der Waals surface area contributed by atoms with Crippen molar-refractivity contribution in [2.75, 3.05) is 13.7 Å². The van der Waals surface area contributed by atoms with Crippen LogP contribution in [0.25, 0.3) is 10.1 Å². The molecule has 0 spiro atoms. The van der Waals surface area contributed by atoms with Crippen LogP contribution in [0.15, 0.2) is 18.2 Å². The maximum atomic E-state index is 12.0. The number of carbonyl (C=O) groups is 2. The number of methoxy groups -OCH3 is 1. The molecule has 0 unspecified atom stereocenters. The van der Waals surface area contributed by atoms with Crippen molar-refractivity contribution in [2.45, 2.75) is 25.7 Å². The zero-order valence-electron chi connectivity index (χ0n) is 12.4. The highest BCUT2D eigenvalue weighted by molar-refractivity contribution is 7.20. The summed E-state index contributed by atoms with van der Waals surface area (Å²) in [6.07, 6.45) is 1.58. The Kier molecular flexibility index (Phi) is 5.51. The number of nitrogens with two attached hydrogens (primary N) is 1. The monoisotopic (exact) mass is 321 g/mol. The van der Waals surface area contributed by atoms with Gasteiger partial charge in [0.05, 0.1) is 18.4 Å². The molecule has 0 amide bonds. The van der Waals surface area contributed by atoms with Gasteiger partial charge in [-0.05, 0) is 48.5 Å². The van der Waals surface area contributed by atoms with Crippen molar-refractivity contribution in [1.29, 1.82) is 0 Å². The van der Waals surface area contributed by atoms with Crippen LogP contribution in [-0.2, 0) is 11.2 Å². The number of thiophene rings is 1. The van der Waals surface area contributed by atoms with Crippen molar-refractivity contribution in [3.8, 4) is 5.75 Å². The first kappa shape index (κ1) is 16.5. The Balaban J connectivity index is 2.29. The molecule has 0 bridgehead atoms. The molecule has 0 saturated carbocycles. The van der Waals surface area contributed by atoms with Crippen molar-refractivity contribution in [3.05, 3.63) is 28.6 Å². The standard InChI is InChI=1S/C16H19NO4S/c1-21-13-9-14-11(7-10(13)3-2-6-17)8-15(22-14)12(18)4-5-16(19)20/h7-9H,2-6,17H2,1H3,(H,19,20). The zero-order valence-corrected chi connectivity index (χ0v) is 13.2. The molecular formula is C16H19NO4S. The number of carboxylic acids is 1.